The Labute approximate surface area is 185 Å². The first-order valence-corrected chi connectivity index (χ1v) is 12.3. The van der Waals surface area contributed by atoms with Crippen LogP contribution in [0.25, 0.3) is 0 Å². The summed E-state index contributed by atoms with van der Waals surface area (Å²) in [7, 11) is 0. The van der Waals surface area contributed by atoms with Crippen LogP contribution in [0, 0.1) is 17.8 Å². The van der Waals surface area contributed by atoms with E-state index in [1.54, 1.807) is 4.90 Å². The fourth-order valence-electron chi connectivity index (χ4n) is 6.17. The summed E-state index contributed by atoms with van der Waals surface area (Å²) in [4.78, 5) is 14.4. The molecule has 6 rings (SSSR count). The molecule has 166 valence electrons. The summed E-state index contributed by atoms with van der Waals surface area (Å²) < 4.78 is 2.07. The highest BCUT2D eigenvalue weighted by Gasteiger charge is 2.46. The van der Waals surface area contributed by atoms with Crippen LogP contribution in [0.4, 0.5) is 0 Å². The van der Waals surface area contributed by atoms with Gasteiger partial charge >= 0.3 is 0 Å². The lowest BCUT2D eigenvalue weighted by Crippen LogP contribution is -3.20. The molecular formula is C25H36N5O+. The van der Waals surface area contributed by atoms with E-state index >= 15 is 0 Å². The van der Waals surface area contributed by atoms with Gasteiger partial charge in [-0.15, -0.1) is 5.10 Å². The lowest BCUT2D eigenvalue weighted by atomic mass is 9.75. The fourth-order valence-corrected chi connectivity index (χ4v) is 6.17. The zero-order valence-electron chi connectivity index (χ0n) is 18.5. The van der Waals surface area contributed by atoms with Gasteiger partial charge in [0, 0.05) is 25.6 Å². The Hall–Kier alpha value is -2.21. The molecule has 1 aromatic heterocycles. The number of rotatable bonds is 7. The number of quaternary nitrogens is 1. The molecule has 3 saturated heterocycles. The molecule has 4 atom stereocenters. The third kappa shape index (κ3) is 5.00. The summed E-state index contributed by atoms with van der Waals surface area (Å²) >= 11 is 0. The summed E-state index contributed by atoms with van der Waals surface area (Å²) in [5, 5.41) is 12.1. The van der Waals surface area contributed by atoms with E-state index in [1.165, 1.54) is 45.1 Å². The minimum Gasteiger partial charge on any atom is -0.352 e. The number of nitrogens with zero attached hydrogens (tertiary/aromatic N) is 3. The minimum atomic E-state index is 0.154. The van der Waals surface area contributed by atoms with Crippen LogP contribution in [0.2, 0.25) is 0 Å². The molecule has 0 spiro atoms. The second-order valence-corrected chi connectivity index (χ2v) is 10.0. The molecule has 2 aromatic rings. The Bertz CT molecular complexity index is 860. The zero-order valence-corrected chi connectivity index (χ0v) is 18.5. The first-order valence-electron chi connectivity index (χ1n) is 12.3. The van der Waals surface area contributed by atoms with Crippen molar-refractivity contribution in [3.63, 3.8) is 0 Å². The molecule has 1 saturated carbocycles. The van der Waals surface area contributed by atoms with E-state index < -0.39 is 0 Å². The van der Waals surface area contributed by atoms with Crippen molar-refractivity contribution in [1.82, 2.24) is 20.3 Å². The fraction of sp³-hybridized carbons (Fsp3) is 0.640. The third-order valence-electron chi connectivity index (χ3n) is 7.91. The van der Waals surface area contributed by atoms with Crippen LogP contribution in [0.5, 0.6) is 0 Å². The molecule has 4 heterocycles. The predicted molar refractivity (Wildman–Crippen MR) is 119 cm³/mol. The first-order chi connectivity index (χ1) is 15.2. The SMILES string of the molecule is O=C(NCc1ccccc1)[C@H]1C[NH+]2CC[C@@H]1C[C@@H]2Cn1cc(CC2CCCCC2)nn1. The maximum Gasteiger partial charge on any atom is 0.229 e. The largest absolute Gasteiger partial charge is 0.352 e. The van der Waals surface area contributed by atoms with Crippen LogP contribution < -0.4 is 10.2 Å². The van der Waals surface area contributed by atoms with Gasteiger partial charge in [0.25, 0.3) is 0 Å². The topological polar surface area (TPSA) is 64.2 Å². The van der Waals surface area contributed by atoms with Crippen LogP contribution in [0.3, 0.4) is 0 Å². The molecule has 0 radical (unpaired) electrons. The second-order valence-electron chi connectivity index (χ2n) is 10.0. The third-order valence-corrected chi connectivity index (χ3v) is 7.91. The van der Waals surface area contributed by atoms with Crippen molar-refractivity contribution in [2.75, 3.05) is 13.1 Å². The van der Waals surface area contributed by atoms with E-state index in [0.29, 0.717) is 18.5 Å². The average molecular weight is 423 g/mol. The van der Waals surface area contributed by atoms with Gasteiger partial charge in [0.2, 0.25) is 5.91 Å². The number of piperidine rings is 3. The smallest absolute Gasteiger partial charge is 0.229 e. The maximum absolute atomic E-state index is 12.9. The molecule has 1 unspecified atom stereocenters. The highest BCUT2D eigenvalue weighted by Crippen LogP contribution is 2.28. The monoisotopic (exact) mass is 422 g/mol. The van der Waals surface area contributed by atoms with Gasteiger partial charge in [0.15, 0.2) is 0 Å². The molecule has 6 heteroatoms. The molecule has 1 aliphatic carbocycles. The van der Waals surface area contributed by atoms with Crippen LogP contribution in [-0.2, 0) is 24.3 Å². The van der Waals surface area contributed by atoms with E-state index in [4.69, 9.17) is 0 Å². The van der Waals surface area contributed by atoms with Gasteiger partial charge < -0.3 is 10.2 Å². The molecule has 31 heavy (non-hydrogen) atoms. The van der Waals surface area contributed by atoms with Crippen LogP contribution in [0.1, 0.15) is 56.2 Å². The summed E-state index contributed by atoms with van der Waals surface area (Å²) in [6, 6.07) is 10.7. The molecular weight excluding hydrogens is 386 g/mol. The standard InChI is InChI=1S/C25H35N5O/c31-25(26-15-20-9-5-2-6-10-20)24-18-29-12-11-21(24)14-23(29)17-30-16-22(27-28-30)13-19-7-3-1-4-8-19/h2,5-6,9-10,16,19,21,23-24H,1,3-4,7-8,11-15,17-18H2,(H,26,31)/p+1/t21-,23-,24+/m1/s1. The van der Waals surface area contributed by atoms with Crippen molar-refractivity contribution < 1.29 is 9.69 Å². The van der Waals surface area contributed by atoms with E-state index in [-0.39, 0.29) is 11.8 Å². The number of hydrogen-bond acceptors (Lipinski definition) is 3. The van der Waals surface area contributed by atoms with Gasteiger partial charge in [-0.25, -0.2) is 4.68 Å². The van der Waals surface area contributed by atoms with Crippen LogP contribution >= 0.6 is 0 Å². The van der Waals surface area contributed by atoms with Crippen molar-refractivity contribution >= 4 is 5.91 Å². The van der Waals surface area contributed by atoms with E-state index in [2.05, 4.69) is 38.6 Å². The normalized spacial score (nSPS) is 28.5. The van der Waals surface area contributed by atoms with Gasteiger partial charge in [-0.1, -0.05) is 67.6 Å². The molecule has 2 N–H and O–H groups in total. The quantitative estimate of drug-likeness (QED) is 0.718. The Kier molecular flexibility index (Phi) is 6.35. The number of carbonyl (C=O) groups is 1. The lowest BCUT2D eigenvalue weighted by molar-refractivity contribution is -0.945. The minimum absolute atomic E-state index is 0.154. The number of amides is 1. The average Bonchev–Trinajstić information content (AvgIpc) is 3.26. The number of benzene rings is 1. The number of hydrogen-bond donors (Lipinski definition) is 2. The Morgan fingerprint density at radius 3 is 2.74 bits per heavy atom. The Morgan fingerprint density at radius 1 is 1.13 bits per heavy atom. The summed E-state index contributed by atoms with van der Waals surface area (Å²) in [6.07, 6.45) is 12.4. The Morgan fingerprint density at radius 2 is 1.97 bits per heavy atom. The van der Waals surface area contributed by atoms with Crippen molar-refractivity contribution in [1.29, 1.82) is 0 Å². The van der Waals surface area contributed by atoms with Gasteiger partial charge in [-0.05, 0) is 23.8 Å². The van der Waals surface area contributed by atoms with Gasteiger partial charge in [0.05, 0.1) is 31.2 Å². The number of carbonyl (C=O) groups excluding carboxylic acids is 1. The second kappa shape index (κ2) is 9.51. The van der Waals surface area contributed by atoms with Crippen LogP contribution in [0.15, 0.2) is 36.5 Å². The molecule has 4 fully saturated rings. The number of nitrogens with one attached hydrogen (secondary N) is 2. The van der Waals surface area contributed by atoms with Gasteiger partial charge in [0.1, 0.15) is 6.04 Å². The molecule has 6 nitrogen and oxygen atoms in total. The lowest BCUT2D eigenvalue weighted by Gasteiger charge is -2.46. The Balaban J connectivity index is 1.13. The van der Waals surface area contributed by atoms with Crippen molar-refractivity contribution in [2.24, 2.45) is 17.8 Å². The summed E-state index contributed by atoms with van der Waals surface area (Å²) in [6.45, 7) is 3.70. The molecule has 3 aliphatic heterocycles. The maximum atomic E-state index is 12.9. The highest BCUT2D eigenvalue weighted by atomic mass is 16.1. The number of fused-ring (bicyclic) bond motifs is 3. The van der Waals surface area contributed by atoms with Crippen LogP contribution in [-0.4, -0.2) is 40.0 Å². The van der Waals surface area contributed by atoms with Crippen molar-refractivity contribution in [3.05, 3.63) is 47.8 Å². The molecule has 1 amide bonds. The van der Waals surface area contributed by atoms with Gasteiger partial charge in [-0.2, -0.15) is 0 Å². The summed E-state index contributed by atoms with van der Waals surface area (Å²) in [5.74, 6) is 1.69. The molecule has 1 aromatic carbocycles. The predicted octanol–water partition coefficient (Wildman–Crippen LogP) is 2.01. The zero-order chi connectivity index (χ0) is 21.0. The highest BCUT2D eigenvalue weighted by molar-refractivity contribution is 5.79. The molecule has 4 aliphatic rings. The number of aromatic nitrogens is 3. The van der Waals surface area contributed by atoms with E-state index in [1.807, 2.05) is 18.2 Å². The van der Waals surface area contributed by atoms with E-state index in [0.717, 1.165) is 43.1 Å². The van der Waals surface area contributed by atoms with Crippen molar-refractivity contribution in [2.45, 2.75) is 70.5 Å². The van der Waals surface area contributed by atoms with E-state index in [9.17, 15) is 4.79 Å². The first kappa shape index (κ1) is 20.7. The van der Waals surface area contributed by atoms with Gasteiger partial charge in [-0.3, -0.25) is 4.79 Å². The summed E-state index contributed by atoms with van der Waals surface area (Å²) in [5.41, 5.74) is 2.33. The molecule has 2 bridgehead atoms. The van der Waals surface area contributed by atoms with Crippen molar-refractivity contribution in [3.8, 4) is 0 Å².